The lowest BCUT2D eigenvalue weighted by molar-refractivity contribution is 0.102. The molecule has 0 unspecified atom stereocenters. The van der Waals surface area contributed by atoms with Gasteiger partial charge < -0.3 is 5.32 Å². The summed E-state index contributed by atoms with van der Waals surface area (Å²) in [6.45, 7) is 0.134. The van der Waals surface area contributed by atoms with Gasteiger partial charge in [-0.05, 0) is 35.9 Å². The summed E-state index contributed by atoms with van der Waals surface area (Å²) < 4.78 is 41.2. The first kappa shape index (κ1) is 18.8. The molecular weight excluding hydrogens is 367 g/mol. The van der Waals surface area contributed by atoms with Crippen molar-refractivity contribution in [3.8, 4) is 0 Å². The van der Waals surface area contributed by atoms with Crippen LogP contribution in [0.2, 0.25) is 0 Å². The summed E-state index contributed by atoms with van der Waals surface area (Å²) in [5.74, 6) is -1.17. The summed E-state index contributed by atoms with van der Waals surface area (Å²) in [6, 6.07) is 20.4. The molecule has 1 amide bonds. The molecule has 0 aliphatic carbocycles. The number of benzene rings is 3. The maximum absolute atomic E-state index is 13.7. The van der Waals surface area contributed by atoms with E-state index in [9.17, 15) is 17.6 Å². The van der Waals surface area contributed by atoms with E-state index in [4.69, 9.17) is 0 Å². The number of nitrogens with one attached hydrogen (secondary N) is 2. The van der Waals surface area contributed by atoms with Crippen LogP contribution in [-0.4, -0.2) is 14.3 Å². The third-order valence-corrected chi connectivity index (χ3v) is 5.24. The van der Waals surface area contributed by atoms with Gasteiger partial charge in [0.25, 0.3) is 5.91 Å². The van der Waals surface area contributed by atoms with Gasteiger partial charge in [-0.3, -0.25) is 4.79 Å². The zero-order chi connectivity index (χ0) is 19.3. The fourth-order valence-corrected chi connectivity index (χ4v) is 3.48. The molecule has 3 aromatic rings. The van der Waals surface area contributed by atoms with E-state index in [0.717, 1.165) is 5.56 Å². The molecule has 5 nitrogen and oxygen atoms in total. The third-order valence-electron chi connectivity index (χ3n) is 3.84. The fraction of sp³-hybridized carbons (Fsp3) is 0.0500. The first-order valence-corrected chi connectivity index (χ1v) is 9.63. The Morgan fingerprint density at radius 1 is 0.889 bits per heavy atom. The Balaban J connectivity index is 1.76. The number of carbonyl (C=O) groups excluding carboxylic acids is 1. The van der Waals surface area contributed by atoms with Gasteiger partial charge in [-0.1, -0.05) is 48.5 Å². The van der Waals surface area contributed by atoms with Crippen molar-refractivity contribution in [3.63, 3.8) is 0 Å². The smallest absolute Gasteiger partial charge is 0.255 e. The van der Waals surface area contributed by atoms with E-state index in [1.807, 2.05) is 18.2 Å². The number of anilines is 1. The van der Waals surface area contributed by atoms with E-state index in [0.29, 0.717) is 0 Å². The van der Waals surface area contributed by atoms with Crippen LogP contribution in [0, 0.1) is 5.82 Å². The quantitative estimate of drug-likeness (QED) is 0.682. The highest BCUT2D eigenvalue weighted by Gasteiger charge is 2.16. The standard InChI is InChI=1S/C20H17FN2O3S/c21-18-11-4-5-12-19(18)23-20(24)16-9-6-10-17(13-16)27(25,26)22-14-15-7-2-1-3-8-15/h1-13,22H,14H2,(H,23,24). The molecule has 3 aromatic carbocycles. The number of carbonyl (C=O) groups is 1. The lowest BCUT2D eigenvalue weighted by Crippen LogP contribution is -2.23. The maximum atomic E-state index is 13.7. The summed E-state index contributed by atoms with van der Waals surface area (Å²) in [7, 11) is -3.80. The summed E-state index contributed by atoms with van der Waals surface area (Å²) in [5, 5.41) is 2.43. The van der Waals surface area contributed by atoms with E-state index in [1.165, 1.54) is 42.5 Å². The van der Waals surface area contributed by atoms with Gasteiger partial charge in [-0.25, -0.2) is 17.5 Å². The Bertz CT molecular complexity index is 1050. The lowest BCUT2D eigenvalue weighted by Gasteiger charge is -2.09. The van der Waals surface area contributed by atoms with Crippen molar-refractivity contribution in [2.75, 3.05) is 5.32 Å². The zero-order valence-electron chi connectivity index (χ0n) is 14.2. The molecule has 0 aliphatic heterocycles. The Labute approximate surface area is 156 Å². The molecule has 0 aliphatic rings. The molecule has 7 heteroatoms. The maximum Gasteiger partial charge on any atom is 0.255 e. The molecule has 138 valence electrons. The van der Waals surface area contributed by atoms with Crippen LogP contribution in [0.4, 0.5) is 10.1 Å². The third kappa shape index (κ3) is 4.78. The Morgan fingerprint density at radius 2 is 1.59 bits per heavy atom. The second-order valence-electron chi connectivity index (χ2n) is 5.77. The van der Waals surface area contributed by atoms with Crippen LogP contribution in [0.1, 0.15) is 15.9 Å². The SMILES string of the molecule is O=C(Nc1ccccc1F)c1cccc(S(=O)(=O)NCc2ccccc2)c1. The Morgan fingerprint density at radius 3 is 2.33 bits per heavy atom. The number of hydrogen-bond donors (Lipinski definition) is 2. The predicted octanol–water partition coefficient (Wildman–Crippen LogP) is 3.56. The van der Waals surface area contributed by atoms with E-state index in [-0.39, 0.29) is 22.7 Å². The van der Waals surface area contributed by atoms with Gasteiger partial charge in [-0.15, -0.1) is 0 Å². The summed E-state index contributed by atoms with van der Waals surface area (Å²) in [6.07, 6.45) is 0. The molecule has 0 heterocycles. The van der Waals surface area contributed by atoms with Gasteiger partial charge in [-0.2, -0.15) is 0 Å². The van der Waals surface area contributed by atoms with Crippen LogP contribution >= 0.6 is 0 Å². The highest BCUT2D eigenvalue weighted by molar-refractivity contribution is 7.89. The molecule has 0 saturated carbocycles. The van der Waals surface area contributed by atoms with Crippen LogP contribution in [0.25, 0.3) is 0 Å². The van der Waals surface area contributed by atoms with Crippen molar-refractivity contribution >= 4 is 21.6 Å². The average Bonchev–Trinajstić information content (AvgIpc) is 2.69. The van der Waals surface area contributed by atoms with Gasteiger partial charge in [0.05, 0.1) is 10.6 Å². The molecule has 2 N–H and O–H groups in total. The van der Waals surface area contributed by atoms with Crippen molar-refractivity contribution in [1.82, 2.24) is 4.72 Å². The van der Waals surface area contributed by atoms with E-state index in [2.05, 4.69) is 10.0 Å². The molecule has 0 atom stereocenters. The van der Waals surface area contributed by atoms with Crippen LogP contribution in [0.5, 0.6) is 0 Å². The highest BCUT2D eigenvalue weighted by Crippen LogP contribution is 2.16. The average molecular weight is 384 g/mol. The Kier molecular flexibility index (Phi) is 5.63. The monoisotopic (exact) mass is 384 g/mol. The van der Waals surface area contributed by atoms with Gasteiger partial charge in [0.1, 0.15) is 5.82 Å². The molecule has 0 bridgehead atoms. The zero-order valence-corrected chi connectivity index (χ0v) is 15.0. The van der Waals surface area contributed by atoms with Gasteiger partial charge in [0.2, 0.25) is 10.0 Å². The van der Waals surface area contributed by atoms with Crippen molar-refractivity contribution in [2.45, 2.75) is 11.4 Å². The molecule has 0 spiro atoms. The largest absolute Gasteiger partial charge is 0.319 e. The molecule has 0 radical (unpaired) electrons. The topological polar surface area (TPSA) is 75.3 Å². The van der Waals surface area contributed by atoms with Crippen LogP contribution in [0.15, 0.2) is 83.8 Å². The summed E-state index contributed by atoms with van der Waals surface area (Å²) >= 11 is 0. The molecule has 3 rings (SSSR count). The van der Waals surface area contributed by atoms with Crippen molar-refractivity contribution in [1.29, 1.82) is 0 Å². The number of sulfonamides is 1. The normalized spacial score (nSPS) is 11.1. The number of amides is 1. The first-order chi connectivity index (χ1) is 13.0. The minimum atomic E-state index is -3.80. The molecule has 0 aromatic heterocycles. The van der Waals surface area contributed by atoms with Crippen LogP contribution < -0.4 is 10.0 Å². The van der Waals surface area contributed by atoms with Gasteiger partial charge >= 0.3 is 0 Å². The van der Waals surface area contributed by atoms with E-state index in [1.54, 1.807) is 18.2 Å². The number of halogens is 1. The lowest BCUT2D eigenvalue weighted by atomic mass is 10.2. The Hall–Kier alpha value is -3.03. The second-order valence-corrected chi connectivity index (χ2v) is 7.54. The first-order valence-electron chi connectivity index (χ1n) is 8.15. The number of rotatable bonds is 6. The summed E-state index contributed by atoms with van der Waals surface area (Å²) in [5.41, 5.74) is 0.952. The number of hydrogen-bond acceptors (Lipinski definition) is 3. The van der Waals surface area contributed by atoms with Crippen LogP contribution in [0.3, 0.4) is 0 Å². The predicted molar refractivity (Wildman–Crippen MR) is 101 cm³/mol. The minimum Gasteiger partial charge on any atom is -0.319 e. The molecule has 0 saturated heterocycles. The summed E-state index contributed by atoms with van der Waals surface area (Å²) in [4.78, 5) is 12.3. The van der Waals surface area contributed by atoms with E-state index < -0.39 is 21.7 Å². The number of para-hydroxylation sites is 1. The van der Waals surface area contributed by atoms with E-state index >= 15 is 0 Å². The molecule has 0 fully saturated rings. The van der Waals surface area contributed by atoms with Crippen molar-refractivity contribution < 1.29 is 17.6 Å². The van der Waals surface area contributed by atoms with Crippen molar-refractivity contribution in [2.24, 2.45) is 0 Å². The van der Waals surface area contributed by atoms with Gasteiger partial charge in [0, 0.05) is 12.1 Å². The second kappa shape index (κ2) is 8.11. The fourth-order valence-electron chi connectivity index (χ4n) is 2.42. The molecular formula is C20H17FN2O3S. The van der Waals surface area contributed by atoms with Crippen LogP contribution in [-0.2, 0) is 16.6 Å². The molecule has 27 heavy (non-hydrogen) atoms. The minimum absolute atomic E-state index is 0.0259. The van der Waals surface area contributed by atoms with Gasteiger partial charge in [0.15, 0.2) is 0 Å². The van der Waals surface area contributed by atoms with Crippen molar-refractivity contribution in [3.05, 3.63) is 95.8 Å². The highest BCUT2D eigenvalue weighted by atomic mass is 32.2.